The highest BCUT2D eigenvalue weighted by Gasteiger charge is 2.25. The minimum atomic E-state index is -1.21. The number of carboxylic acid groups (broad SMARTS) is 1. The van der Waals surface area contributed by atoms with Crippen LogP contribution in [0.15, 0.2) is 59.4 Å². The zero-order chi connectivity index (χ0) is 23.5. The molecule has 0 aliphatic heterocycles. The molecular formula is C24H24ClN3O4. The third-order valence-electron chi connectivity index (χ3n) is 5.10. The first-order valence-electron chi connectivity index (χ1n) is 10.0. The van der Waals surface area contributed by atoms with Gasteiger partial charge in [-0.3, -0.25) is 4.79 Å². The van der Waals surface area contributed by atoms with Crippen molar-refractivity contribution >= 4 is 29.6 Å². The average molecular weight is 454 g/mol. The molecule has 0 bridgehead atoms. The molecule has 7 nitrogen and oxygen atoms in total. The van der Waals surface area contributed by atoms with Crippen molar-refractivity contribution in [3.8, 4) is 11.4 Å². The Labute approximate surface area is 190 Å². The number of aromatic nitrogens is 3. The van der Waals surface area contributed by atoms with Gasteiger partial charge in [-0.05, 0) is 42.2 Å². The van der Waals surface area contributed by atoms with Crippen molar-refractivity contribution in [3.63, 3.8) is 0 Å². The lowest BCUT2D eigenvalue weighted by Crippen LogP contribution is -2.29. The zero-order valence-electron chi connectivity index (χ0n) is 18.1. The minimum absolute atomic E-state index is 0.159. The number of halogens is 1. The van der Waals surface area contributed by atoms with E-state index in [-0.39, 0.29) is 24.6 Å². The van der Waals surface area contributed by atoms with Crippen LogP contribution >= 0.6 is 11.6 Å². The molecule has 0 aliphatic carbocycles. The number of Topliss-reactive ketones (excluding diaryl/α,β-unsaturated/α-hetero) is 1. The molecule has 0 aliphatic rings. The number of hydrogen-bond acceptors (Lipinski definition) is 4. The Morgan fingerprint density at radius 3 is 2.47 bits per heavy atom. The van der Waals surface area contributed by atoms with E-state index in [1.807, 2.05) is 45.0 Å². The second kappa shape index (κ2) is 9.36. The van der Waals surface area contributed by atoms with Crippen LogP contribution < -0.4 is 5.69 Å². The Hall–Kier alpha value is -3.45. The van der Waals surface area contributed by atoms with Gasteiger partial charge in [-0.15, -0.1) is 5.10 Å². The molecule has 8 heteroatoms. The van der Waals surface area contributed by atoms with Crippen molar-refractivity contribution in [2.24, 2.45) is 0 Å². The van der Waals surface area contributed by atoms with Gasteiger partial charge in [-0.25, -0.2) is 18.8 Å². The lowest BCUT2D eigenvalue weighted by atomic mass is 9.79. The maximum atomic E-state index is 12.9. The van der Waals surface area contributed by atoms with Gasteiger partial charge in [-0.1, -0.05) is 55.3 Å². The molecule has 3 rings (SSSR count). The quantitative estimate of drug-likeness (QED) is 0.516. The molecule has 0 saturated heterocycles. The molecule has 0 atom stereocenters. The molecule has 1 heterocycles. The smallest absolute Gasteiger partial charge is 0.350 e. The number of carbonyl (C=O) groups excluding carboxylic acids is 1. The van der Waals surface area contributed by atoms with Gasteiger partial charge in [0.05, 0.1) is 0 Å². The summed E-state index contributed by atoms with van der Waals surface area (Å²) in [6.45, 7) is 5.74. The van der Waals surface area contributed by atoms with E-state index in [1.54, 1.807) is 24.3 Å². The van der Waals surface area contributed by atoms with Gasteiger partial charge in [0, 0.05) is 29.3 Å². The molecule has 0 spiro atoms. The molecule has 1 N–H and O–H groups in total. The van der Waals surface area contributed by atoms with Crippen molar-refractivity contribution in [2.45, 2.75) is 39.2 Å². The van der Waals surface area contributed by atoms with E-state index in [1.165, 1.54) is 0 Å². The maximum Gasteiger partial charge on any atom is 0.350 e. The van der Waals surface area contributed by atoms with Crippen LogP contribution in [0.5, 0.6) is 0 Å². The first-order valence-corrected chi connectivity index (χ1v) is 10.4. The van der Waals surface area contributed by atoms with Gasteiger partial charge < -0.3 is 5.11 Å². The van der Waals surface area contributed by atoms with Gasteiger partial charge in [0.2, 0.25) is 0 Å². The fourth-order valence-corrected chi connectivity index (χ4v) is 3.60. The molecule has 0 saturated carbocycles. The van der Waals surface area contributed by atoms with E-state index in [2.05, 4.69) is 5.10 Å². The lowest BCUT2D eigenvalue weighted by molar-refractivity contribution is -0.131. The highest BCUT2D eigenvalue weighted by Crippen LogP contribution is 2.28. The number of benzene rings is 2. The third kappa shape index (κ3) is 5.42. The fourth-order valence-electron chi connectivity index (χ4n) is 3.48. The number of hydrogen-bond donors (Lipinski definition) is 1. The normalized spacial score (nSPS) is 11.8. The Bertz CT molecular complexity index is 1240. The molecule has 3 aromatic rings. The average Bonchev–Trinajstić information content (AvgIpc) is 3.02. The van der Waals surface area contributed by atoms with Crippen molar-refractivity contribution < 1.29 is 14.7 Å². The highest BCUT2D eigenvalue weighted by molar-refractivity contribution is 6.30. The van der Waals surface area contributed by atoms with Gasteiger partial charge in [-0.2, -0.15) is 0 Å². The van der Waals surface area contributed by atoms with E-state index in [0.29, 0.717) is 10.6 Å². The molecule has 1 aromatic heterocycles. The van der Waals surface area contributed by atoms with Crippen LogP contribution in [0.2, 0.25) is 5.02 Å². The number of carboxylic acids is 1. The summed E-state index contributed by atoms with van der Waals surface area (Å²) in [5.74, 6) is -1.15. The summed E-state index contributed by atoms with van der Waals surface area (Å²) < 4.78 is 2.17. The molecule has 2 aromatic carbocycles. The Kier molecular flexibility index (Phi) is 6.79. The summed E-state index contributed by atoms with van der Waals surface area (Å²) >= 11 is 5.94. The van der Waals surface area contributed by atoms with Crippen molar-refractivity contribution in [1.82, 2.24) is 14.3 Å². The molecule has 0 unspecified atom stereocenters. The van der Waals surface area contributed by atoms with E-state index >= 15 is 0 Å². The Morgan fingerprint density at radius 2 is 1.84 bits per heavy atom. The van der Waals surface area contributed by atoms with Crippen LogP contribution in [0.25, 0.3) is 17.6 Å². The van der Waals surface area contributed by atoms with Gasteiger partial charge in [0.25, 0.3) is 0 Å². The predicted molar refractivity (Wildman–Crippen MR) is 124 cm³/mol. The third-order valence-corrected chi connectivity index (χ3v) is 5.36. The van der Waals surface area contributed by atoms with E-state index in [9.17, 15) is 14.4 Å². The topological polar surface area (TPSA) is 94.2 Å². The van der Waals surface area contributed by atoms with E-state index < -0.39 is 17.1 Å². The van der Waals surface area contributed by atoms with Crippen molar-refractivity contribution in [1.29, 1.82) is 0 Å². The summed E-state index contributed by atoms with van der Waals surface area (Å²) in [7, 11) is 0. The summed E-state index contributed by atoms with van der Waals surface area (Å²) in [5, 5.41) is 13.8. The van der Waals surface area contributed by atoms with Gasteiger partial charge >= 0.3 is 11.7 Å². The lowest BCUT2D eigenvalue weighted by Gasteiger charge is -2.24. The van der Waals surface area contributed by atoms with Gasteiger partial charge in [0.15, 0.2) is 11.6 Å². The number of nitrogens with zero attached hydrogens (tertiary/aromatic N) is 3. The first-order chi connectivity index (χ1) is 15.1. The molecule has 166 valence electrons. The van der Waals surface area contributed by atoms with Crippen LogP contribution in [0.3, 0.4) is 0 Å². The molecular weight excluding hydrogens is 430 g/mol. The highest BCUT2D eigenvalue weighted by atomic mass is 35.5. The largest absolute Gasteiger partial charge is 0.478 e. The van der Waals surface area contributed by atoms with Crippen LogP contribution in [-0.2, 0) is 21.5 Å². The SMILES string of the molecule is Cc1cccc(C(C)(C)CC(=O)Cn2nc(-c3ccc(Cl)cc3)n(/C=C\C(=O)O)c2=O)c1. The van der Waals surface area contributed by atoms with E-state index in [0.717, 1.165) is 32.7 Å². The first kappa shape index (κ1) is 23.2. The van der Waals surface area contributed by atoms with Crippen LogP contribution in [0.1, 0.15) is 31.4 Å². The Morgan fingerprint density at radius 1 is 1.16 bits per heavy atom. The van der Waals surface area contributed by atoms with Crippen molar-refractivity contribution in [3.05, 3.63) is 81.2 Å². The molecule has 0 amide bonds. The molecule has 0 radical (unpaired) electrons. The second-order valence-corrected chi connectivity index (χ2v) is 8.70. The summed E-state index contributed by atoms with van der Waals surface area (Å²) in [6.07, 6.45) is 2.19. The number of carbonyl (C=O) groups is 2. The van der Waals surface area contributed by atoms with Crippen LogP contribution in [-0.4, -0.2) is 31.2 Å². The zero-order valence-corrected chi connectivity index (χ0v) is 18.8. The number of aliphatic carboxylic acids is 1. The summed E-state index contributed by atoms with van der Waals surface area (Å²) in [4.78, 5) is 36.7. The number of ketones is 1. The number of aryl methyl sites for hydroxylation is 1. The summed E-state index contributed by atoms with van der Waals surface area (Å²) in [5.41, 5.74) is 1.69. The van der Waals surface area contributed by atoms with Crippen LogP contribution in [0.4, 0.5) is 0 Å². The molecule has 0 fully saturated rings. The fraction of sp³-hybridized carbons (Fsp3) is 0.250. The predicted octanol–water partition coefficient (Wildman–Crippen LogP) is 4.17. The monoisotopic (exact) mass is 453 g/mol. The molecule has 32 heavy (non-hydrogen) atoms. The second-order valence-electron chi connectivity index (χ2n) is 8.26. The van der Waals surface area contributed by atoms with E-state index in [4.69, 9.17) is 16.7 Å². The van der Waals surface area contributed by atoms with Gasteiger partial charge in [0.1, 0.15) is 6.54 Å². The standard InChI is InChI=1S/C24H24ClN3O4/c1-16-5-4-6-18(13-16)24(2,3)14-20(29)15-28-23(32)27(12-11-21(30)31)22(26-28)17-7-9-19(25)10-8-17/h4-13H,14-15H2,1-3H3,(H,30,31)/b12-11-. The maximum absolute atomic E-state index is 12.9. The Balaban J connectivity index is 1.91. The van der Waals surface area contributed by atoms with Crippen molar-refractivity contribution in [2.75, 3.05) is 0 Å². The summed E-state index contributed by atoms with van der Waals surface area (Å²) in [6, 6.07) is 14.6. The minimum Gasteiger partial charge on any atom is -0.478 e. The number of rotatable bonds is 8. The van der Waals surface area contributed by atoms with Crippen LogP contribution in [0, 0.1) is 6.92 Å².